The molecule has 2 amide bonds. The van der Waals surface area contributed by atoms with Crippen LogP contribution in [0.4, 0.5) is 10.5 Å². The molecule has 1 heterocycles. The fourth-order valence-electron chi connectivity index (χ4n) is 2.77. The van der Waals surface area contributed by atoms with E-state index in [0.29, 0.717) is 6.61 Å². The summed E-state index contributed by atoms with van der Waals surface area (Å²) in [6, 6.07) is 13.7. The second-order valence-electron chi connectivity index (χ2n) is 5.69. The van der Waals surface area contributed by atoms with Gasteiger partial charge in [-0.25, -0.2) is 4.79 Å². The van der Waals surface area contributed by atoms with Crippen molar-refractivity contribution in [1.29, 1.82) is 0 Å². The SMILES string of the molecule is Cc1cccc(C)c1NC(=O)N[C@@H]1COc2ccccc2C1. The first-order chi connectivity index (χ1) is 10.6. The van der Waals surface area contributed by atoms with E-state index < -0.39 is 0 Å². The van der Waals surface area contributed by atoms with Crippen LogP contribution in [0.3, 0.4) is 0 Å². The van der Waals surface area contributed by atoms with Gasteiger partial charge < -0.3 is 15.4 Å². The number of carbonyl (C=O) groups is 1. The van der Waals surface area contributed by atoms with Crippen LogP contribution in [-0.4, -0.2) is 18.7 Å². The van der Waals surface area contributed by atoms with Crippen LogP contribution in [0, 0.1) is 13.8 Å². The smallest absolute Gasteiger partial charge is 0.319 e. The Bertz CT molecular complexity index is 677. The van der Waals surface area contributed by atoms with Crippen LogP contribution in [0.5, 0.6) is 5.75 Å². The predicted octanol–water partition coefficient (Wildman–Crippen LogP) is 3.43. The Morgan fingerprint density at radius 2 is 1.82 bits per heavy atom. The fourth-order valence-corrected chi connectivity index (χ4v) is 2.77. The van der Waals surface area contributed by atoms with E-state index >= 15 is 0 Å². The van der Waals surface area contributed by atoms with Crippen LogP contribution < -0.4 is 15.4 Å². The van der Waals surface area contributed by atoms with Crippen LogP contribution in [0.15, 0.2) is 42.5 Å². The Balaban J connectivity index is 1.64. The average Bonchev–Trinajstić information content (AvgIpc) is 2.51. The molecule has 0 spiro atoms. The average molecular weight is 296 g/mol. The van der Waals surface area contributed by atoms with Gasteiger partial charge in [-0.1, -0.05) is 36.4 Å². The molecule has 2 aromatic carbocycles. The van der Waals surface area contributed by atoms with Crippen LogP contribution >= 0.6 is 0 Å². The Kier molecular flexibility index (Phi) is 4.00. The third kappa shape index (κ3) is 3.06. The van der Waals surface area contributed by atoms with E-state index in [1.165, 1.54) is 0 Å². The van der Waals surface area contributed by atoms with E-state index in [4.69, 9.17) is 4.74 Å². The normalized spacial score (nSPS) is 16.4. The molecule has 3 rings (SSSR count). The van der Waals surface area contributed by atoms with E-state index in [0.717, 1.165) is 34.5 Å². The van der Waals surface area contributed by atoms with Gasteiger partial charge in [-0.05, 0) is 43.0 Å². The number of ether oxygens (including phenoxy) is 1. The van der Waals surface area contributed by atoms with Crippen molar-refractivity contribution < 1.29 is 9.53 Å². The van der Waals surface area contributed by atoms with E-state index in [2.05, 4.69) is 10.6 Å². The van der Waals surface area contributed by atoms with E-state index in [1.807, 2.05) is 56.3 Å². The zero-order valence-corrected chi connectivity index (χ0v) is 12.8. The third-order valence-corrected chi connectivity index (χ3v) is 3.93. The Hall–Kier alpha value is -2.49. The molecule has 1 atom stereocenters. The summed E-state index contributed by atoms with van der Waals surface area (Å²) in [6.07, 6.45) is 0.788. The zero-order chi connectivity index (χ0) is 15.5. The molecular formula is C18H20N2O2. The molecule has 1 aliphatic heterocycles. The number of para-hydroxylation sites is 2. The molecule has 0 aliphatic carbocycles. The molecule has 1 aliphatic rings. The first-order valence-corrected chi connectivity index (χ1v) is 7.48. The molecule has 0 aromatic heterocycles. The monoisotopic (exact) mass is 296 g/mol. The van der Waals surface area contributed by atoms with Crippen molar-refractivity contribution in [2.75, 3.05) is 11.9 Å². The second kappa shape index (κ2) is 6.10. The Labute approximate surface area is 130 Å². The summed E-state index contributed by atoms with van der Waals surface area (Å²) in [7, 11) is 0. The first kappa shape index (κ1) is 14.4. The maximum absolute atomic E-state index is 12.2. The van der Waals surface area contributed by atoms with Gasteiger partial charge in [-0.15, -0.1) is 0 Å². The number of urea groups is 1. The summed E-state index contributed by atoms with van der Waals surface area (Å²) in [6.45, 7) is 4.47. The molecular weight excluding hydrogens is 276 g/mol. The summed E-state index contributed by atoms with van der Waals surface area (Å²) in [5.74, 6) is 0.913. The quantitative estimate of drug-likeness (QED) is 0.892. The lowest BCUT2D eigenvalue weighted by molar-refractivity contribution is 0.222. The van der Waals surface area contributed by atoms with Gasteiger partial charge in [0, 0.05) is 5.69 Å². The molecule has 0 bridgehead atoms. The summed E-state index contributed by atoms with van der Waals surface area (Å²) in [4.78, 5) is 12.2. The van der Waals surface area contributed by atoms with Crippen LogP contribution in [-0.2, 0) is 6.42 Å². The van der Waals surface area contributed by atoms with Crippen molar-refractivity contribution in [1.82, 2.24) is 5.32 Å². The highest BCUT2D eigenvalue weighted by molar-refractivity contribution is 5.91. The highest BCUT2D eigenvalue weighted by Gasteiger charge is 2.21. The van der Waals surface area contributed by atoms with Crippen LogP contribution in [0.1, 0.15) is 16.7 Å². The number of hydrogen-bond acceptors (Lipinski definition) is 2. The molecule has 4 nitrogen and oxygen atoms in total. The Morgan fingerprint density at radius 1 is 1.09 bits per heavy atom. The minimum absolute atomic E-state index is 0.0146. The topological polar surface area (TPSA) is 50.4 Å². The maximum atomic E-state index is 12.2. The van der Waals surface area contributed by atoms with E-state index in [-0.39, 0.29) is 12.1 Å². The van der Waals surface area contributed by atoms with E-state index in [1.54, 1.807) is 0 Å². The summed E-state index contributed by atoms with van der Waals surface area (Å²) in [5, 5.41) is 5.93. The number of benzene rings is 2. The lowest BCUT2D eigenvalue weighted by Crippen LogP contribution is -2.44. The van der Waals surface area contributed by atoms with Gasteiger partial charge >= 0.3 is 6.03 Å². The number of anilines is 1. The van der Waals surface area contributed by atoms with Crippen molar-refractivity contribution in [2.45, 2.75) is 26.3 Å². The van der Waals surface area contributed by atoms with Gasteiger partial charge in [0.25, 0.3) is 0 Å². The van der Waals surface area contributed by atoms with Gasteiger partial charge in [0.2, 0.25) is 0 Å². The number of amides is 2. The molecule has 2 aromatic rings. The molecule has 0 radical (unpaired) electrons. The summed E-state index contributed by atoms with van der Waals surface area (Å²) >= 11 is 0. The summed E-state index contributed by atoms with van der Waals surface area (Å²) < 4.78 is 5.69. The minimum atomic E-state index is -0.189. The number of carbonyl (C=O) groups excluding carboxylic acids is 1. The zero-order valence-electron chi connectivity index (χ0n) is 12.8. The van der Waals surface area contributed by atoms with Crippen LogP contribution in [0.25, 0.3) is 0 Å². The Morgan fingerprint density at radius 3 is 2.59 bits per heavy atom. The molecule has 22 heavy (non-hydrogen) atoms. The maximum Gasteiger partial charge on any atom is 0.319 e. The third-order valence-electron chi connectivity index (χ3n) is 3.93. The molecule has 0 unspecified atom stereocenters. The van der Waals surface area contributed by atoms with Gasteiger partial charge in [0.15, 0.2) is 0 Å². The number of nitrogens with one attached hydrogen (secondary N) is 2. The highest BCUT2D eigenvalue weighted by atomic mass is 16.5. The van der Waals surface area contributed by atoms with Crippen molar-refractivity contribution in [3.63, 3.8) is 0 Å². The summed E-state index contributed by atoms with van der Waals surface area (Å²) in [5.41, 5.74) is 4.11. The first-order valence-electron chi connectivity index (χ1n) is 7.48. The number of fused-ring (bicyclic) bond motifs is 1. The molecule has 114 valence electrons. The number of hydrogen-bond donors (Lipinski definition) is 2. The standard InChI is InChI=1S/C18H20N2O2/c1-12-6-5-7-13(2)17(12)20-18(21)19-15-10-14-8-3-4-9-16(14)22-11-15/h3-9,15H,10-11H2,1-2H3,(H2,19,20,21)/t15-/m0/s1. The molecule has 0 saturated heterocycles. The second-order valence-corrected chi connectivity index (χ2v) is 5.69. The fraction of sp³-hybridized carbons (Fsp3) is 0.278. The van der Waals surface area contributed by atoms with Gasteiger partial charge in [0.05, 0.1) is 6.04 Å². The molecule has 2 N–H and O–H groups in total. The van der Waals surface area contributed by atoms with Gasteiger partial charge in [0.1, 0.15) is 12.4 Å². The lowest BCUT2D eigenvalue weighted by atomic mass is 10.0. The van der Waals surface area contributed by atoms with Gasteiger partial charge in [-0.2, -0.15) is 0 Å². The van der Waals surface area contributed by atoms with Crippen molar-refractivity contribution in [3.8, 4) is 5.75 Å². The molecule has 0 fully saturated rings. The largest absolute Gasteiger partial charge is 0.491 e. The van der Waals surface area contributed by atoms with Crippen molar-refractivity contribution in [3.05, 3.63) is 59.2 Å². The highest BCUT2D eigenvalue weighted by Crippen LogP contribution is 2.24. The number of rotatable bonds is 2. The molecule has 4 heteroatoms. The van der Waals surface area contributed by atoms with Gasteiger partial charge in [-0.3, -0.25) is 0 Å². The van der Waals surface area contributed by atoms with Crippen molar-refractivity contribution in [2.24, 2.45) is 0 Å². The molecule has 0 saturated carbocycles. The van der Waals surface area contributed by atoms with E-state index in [9.17, 15) is 4.79 Å². The van der Waals surface area contributed by atoms with Crippen LogP contribution in [0.2, 0.25) is 0 Å². The lowest BCUT2D eigenvalue weighted by Gasteiger charge is -2.26. The predicted molar refractivity (Wildman–Crippen MR) is 87.5 cm³/mol. The number of aryl methyl sites for hydroxylation is 2. The van der Waals surface area contributed by atoms with Crippen molar-refractivity contribution >= 4 is 11.7 Å². The minimum Gasteiger partial charge on any atom is -0.491 e.